The van der Waals surface area contributed by atoms with Crippen molar-refractivity contribution in [2.24, 2.45) is 5.92 Å². The number of halogens is 1. The van der Waals surface area contributed by atoms with Gasteiger partial charge in [0.05, 0.1) is 49.1 Å². The number of aromatic nitrogens is 4. The van der Waals surface area contributed by atoms with Gasteiger partial charge in [-0.05, 0) is 44.4 Å². The molecule has 13 nitrogen and oxygen atoms in total. The van der Waals surface area contributed by atoms with E-state index in [0.717, 1.165) is 48.1 Å². The van der Waals surface area contributed by atoms with Gasteiger partial charge in [-0.15, -0.1) is 0 Å². The number of rotatable bonds is 9. The van der Waals surface area contributed by atoms with Crippen LogP contribution in [0.1, 0.15) is 37.9 Å². The normalized spacial score (nSPS) is 26.5. The van der Waals surface area contributed by atoms with Gasteiger partial charge in [-0.25, -0.2) is 22.8 Å². The van der Waals surface area contributed by atoms with Crippen LogP contribution in [-0.2, 0) is 19.4 Å². The fraction of sp³-hybridized carbons (Fsp3) is 0.559. The molecule has 3 aromatic heterocycles. The minimum absolute atomic E-state index is 0.0102. The number of nitrogens with one attached hydrogen (secondary N) is 1. The number of sulfone groups is 1. The Bertz CT molecular complexity index is 1820. The van der Waals surface area contributed by atoms with Crippen LogP contribution in [-0.4, -0.2) is 127 Å². The Hall–Kier alpha value is -3.95. The van der Waals surface area contributed by atoms with Crippen LogP contribution in [0.15, 0.2) is 43.4 Å². The maximum Gasteiger partial charge on any atom is 0.246 e. The third-order valence-corrected chi connectivity index (χ3v) is 11.5. The molecule has 0 aliphatic carbocycles. The summed E-state index contributed by atoms with van der Waals surface area (Å²) in [4.78, 5) is 39.8. The van der Waals surface area contributed by atoms with E-state index in [1.807, 2.05) is 29.0 Å². The molecule has 1 unspecified atom stereocenters. The van der Waals surface area contributed by atoms with Crippen LogP contribution in [0.4, 0.5) is 27.7 Å². The van der Waals surface area contributed by atoms with E-state index in [1.54, 1.807) is 18.5 Å². The summed E-state index contributed by atoms with van der Waals surface area (Å²) in [5.74, 6) is 1.56. The van der Waals surface area contributed by atoms with Gasteiger partial charge in [-0.2, -0.15) is 4.98 Å². The smallest absolute Gasteiger partial charge is 0.246 e. The highest BCUT2D eigenvalue weighted by atomic mass is 32.2. The van der Waals surface area contributed by atoms with Crippen LogP contribution < -0.4 is 15.1 Å². The van der Waals surface area contributed by atoms with E-state index in [2.05, 4.69) is 26.7 Å². The van der Waals surface area contributed by atoms with Crippen molar-refractivity contribution in [3.8, 4) is 0 Å². The van der Waals surface area contributed by atoms with Gasteiger partial charge < -0.3 is 24.8 Å². The second-order valence-corrected chi connectivity index (χ2v) is 15.8. The van der Waals surface area contributed by atoms with Crippen molar-refractivity contribution in [2.45, 2.75) is 50.5 Å². The van der Waals surface area contributed by atoms with Crippen LogP contribution >= 0.6 is 0 Å². The maximum atomic E-state index is 15.4. The topological polar surface area (TPSA) is 137 Å². The zero-order valence-electron chi connectivity index (χ0n) is 28.0. The van der Waals surface area contributed by atoms with Gasteiger partial charge in [-0.3, -0.25) is 14.7 Å². The first-order valence-corrected chi connectivity index (χ1v) is 19.1. The maximum absolute atomic E-state index is 15.4. The number of hydrogen-bond donors (Lipinski definition) is 1. The van der Waals surface area contributed by atoms with Crippen molar-refractivity contribution in [2.75, 3.05) is 79.6 Å². The van der Waals surface area contributed by atoms with E-state index in [4.69, 9.17) is 19.7 Å². The Morgan fingerprint density at radius 3 is 2.63 bits per heavy atom. The number of anilines is 4. The van der Waals surface area contributed by atoms with Gasteiger partial charge in [0.25, 0.3) is 0 Å². The number of nitrogens with zero attached hydrogens (tertiary/aromatic N) is 8. The van der Waals surface area contributed by atoms with E-state index >= 15 is 4.39 Å². The van der Waals surface area contributed by atoms with Gasteiger partial charge in [0, 0.05) is 80.1 Å². The lowest BCUT2D eigenvalue weighted by Gasteiger charge is -2.48. The zero-order chi connectivity index (χ0) is 34.3. The number of likely N-dealkylation sites (tertiary alicyclic amines) is 1. The van der Waals surface area contributed by atoms with Crippen LogP contribution in [0.5, 0.6) is 0 Å². The lowest BCUT2D eigenvalue weighted by Crippen LogP contribution is -2.57. The fourth-order valence-corrected chi connectivity index (χ4v) is 8.98. The summed E-state index contributed by atoms with van der Waals surface area (Å²) in [6.07, 6.45) is 9.20. The molecule has 0 radical (unpaired) electrons. The van der Waals surface area contributed by atoms with Gasteiger partial charge >= 0.3 is 0 Å². The number of piperidine rings is 1. The van der Waals surface area contributed by atoms with E-state index < -0.39 is 16.0 Å². The summed E-state index contributed by atoms with van der Waals surface area (Å²) < 4.78 is 44.9. The minimum Gasteiger partial charge on any atom is -0.379 e. The van der Waals surface area contributed by atoms with Crippen molar-refractivity contribution in [3.63, 3.8) is 0 Å². The average Bonchev–Trinajstić information content (AvgIpc) is 3.59. The molecular formula is C34H44FN9O4S. The van der Waals surface area contributed by atoms with Crippen molar-refractivity contribution in [1.82, 2.24) is 29.7 Å². The number of alkyl halides is 1. The first kappa shape index (κ1) is 33.5. The number of carbonyl (C=O) groups is 1. The molecule has 262 valence electrons. The number of amides is 1. The van der Waals surface area contributed by atoms with E-state index in [9.17, 15) is 13.2 Å². The highest BCUT2D eigenvalue weighted by Gasteiger charge is 2.39. The Morgan fingerprint density at radius 1 is 1.08 bits per heavy atom. The predicted octanol–water partition coefficient (Wildman–Crippen LogP) is 3.13. The summed E-state index contributed by atoms with van der Waals surface area (Å²) >= 11 is 0. The monoisotopic (exact) mass is 693 g/mol. The van der Waals surface area contributed by atoms with Crippen LogP contribution in [0.3, 0.4) is 0 Å². The molecule has 15 heteroatoms. The first-order valence-electron chi connectivity index (χ1n) is 17.1. The molecule has 7 rings (SSSR count). The van der Waals surface area contributed by atoms with Gasteiger partial charge in [0.1, 0.15) is 27.6 Å². The number of hydrogen-bond acceptors (Lipinski definition) is 12. The molecule has 4 aliphatic heterocycles. The van der Waals surface area contributed by atoms with Crippen molar-refractivity contribution >= 4 is 49.8 Å². The second-order valence-electron chi connectivity index (χ2n) is 13.6. The third kappa shape index (κ3) is 6.93. The highest BCUT2D eigenvalue weighted by Crippen LogP contribution is 2.41. The molecule has 1 N–H and O–H groups in total. The quantitative estimate of drug-likeness (QED) is 0.330. The first-order chi connectivity index (χ1) is 23.6. The molecular weight excluding hydrogens is 649 g/mol. The highest BCUT2D eigenvalue weighted by molar-refractivity contribution is 7.90. The molecule has 49 heavy (non-hydrogen) atoms. The largest absolute Gasteiger partial charge is 0.379 e. The molecule has 0 aromatic carbocycles. The molecule has 0 bridgehead atoms. The molecule has 1 amide bonds. The van der Waals surface area contributed by atoms with Crippen LogP contribution in [0, 0.1) is 5.92 Å². The number of pyridine rings is 2. The lowest BCUT2D eigenvalue weighted by atomic mass is 9.90. The van der Waals surface area contributed by atoms with Crippen LogP contribution in [0.25, 0.3) is 10.8 Å². The van der Waals surface area contributed by atoms with Crippen molar-refractivity contribution in [1.29, 1.82) is 0 Å². The SMILES string of the molecule is C=CC(=O)N1CCCC1c1ncc(N2C[C@H](CS(C)(=O)=O)[C@H]2C)c2cnc(Nc3ccnc(N4CC[C@@H](N5CCOCC5)[C@@H](F)C4)n3)cc12. The molecule has 7 heterocycles. The minimum atomic E-state index is -3.10. The van der Waals surface area contributed by atoms with Gasteiger partial charge in [0.15, 0.2) is 0 Å². The van der Waals surface area contributed by atoms with Crippen molar-refractivity contribution < 1.29 is 22.3 Å². The number of morpholine rings is 1. The predicted molar refractivity (Wildman–Crippen MR) is 187 cm³/mol. The molecule has 0 saturated carbocycles. The summed E-state index contributed by atoms with van der Waals surface area (Å²) in [6.45, 7) is 10.6. The Morgan fingerprint density at radius 2 is 1.90 bits per heavy atom. The molecule has 3 aromatic rings. The summed E-state index contributed by atoms with van der Waals surface area (Å²) in [5, 5.41) is 5.04. The molecule has 0 spiro atoms. The summed E-state index contributed by atoms with van der Waals surface area (Å²) in [5.41, 5.74) is 1.65. The molecule has 4 fully saturated rings. The lowest BCUT2D eigenvalue weighted by molar-refractivity contribution is -0.126. The fourth-order valence-electron chi connectivity index (χ4n) is 7.82. The molecule has 4 saturated heterocycles. The third-order valence-electron chi connectivity index (χ3n) is 10.4. The van der Waals surface area contributed by atoms with E-state index in [1.165, 1.54) is 12.3 Å². The Balaban J connectivity index is 1.15. The number of ether oxygens (including phenoxy) is 1. The Labute approximate surface area is 286 Å². The summed E-state index contributed by atoms with van der Waals surface area (Å²) in [6, 6.07) is 3.35. The number of fused-ring (bicyclic) bond motifs is 1. The van der Waals surface area contributed by atoms with Gasteiger partial charge in [-0.1, -0.05) is 6.58 Å². The van der Waals surface area contributed by atoms with Gasteiger partial charge in [0.2, 0.25) is 11.9 Å². The standard InChI is InChI=1S/C34H44FN9O4S/c1-4-32(45)43-10-5-6-28(43)33-24-16-31(37-17-25(24)29(18-38-33)44-19-23(22(44)2)21-49(3,46)47)39-30-7-9-36-34(40-30)42-11-8-27(26(35)20-42)41-12-14-48-15-13-41/h4,7,9,16-18,22-23,26-28H,1,5-6,8,10-15,19-21H2,2-3H3,(H,36,37,39,40)/t22-,23-,26+,27-,28?/m1/s1. The van der Waals surface area contributed by atoms with Crippen molar-refractivity contribution in [3.05, 3.63) is 49.1 Å². The number of carbonyl (C=O) groups excluding carboxylic acids is 1. The molecule has 5 atom stereocenters. The zero-order valence-corrected chi connectivity index (χ0v) is 28.9. The average molecular weight is 694 g/mol. The van der Waals surface area contributed by atoms with E-state index in [0.29, 0.717) is 56.9 Å². The summed E-state index contributed by atoms with van der Waals surface area (Å²) in [7, 11) is -3.10. The Kier molecular flexibility index (Phi) is 9.41. The second kappa shape index (κ2) is 13.8. The van der Waals surface area contributed by atoms with E-state index in [-0.39, 0.29) is 42.2 Å². The molecule has 4 aliphatic rings. The van der Waals surface area contributed by atoms with Crippen LogP contribution in [0.2, 0.25) is 0 Å².